The number of carbonyl (C=O) groups excluding carboxylic acids is 1. The van der Waals surface area contributed by atoms with E-state index in [4.69, 9.17) is 14.2 Å². The Kier molecular flexibility index (Phi) is 8.74. The number of nitro groups is 1. The molecule has 0 radical (unpaired) electrons. The summed E-state index contributed by atoms with van der Waals surface area (Å²) in [4.78, 5) is 21.8. The van der Waals surface area contributed by atoms with Gasteiger partial charge in [-0.15, -0.1) is 0 Å². The predicted molar refractivity (Wildman–Crippen MR) is 104 cm³/mol. The van der Waals surface area contributed by atoms with Crippen LogP contribution in [0.25, 0.3) is 0 Å². The van der Waals surface area contributed by atoms with Gasteiger partial charge >= 0.3 is 5.97 Å². The van der Waals surface area contributed by atoms with Crippen LogP contribution in [0.3, 0.4) is 0 Å². The zero-order valence-corrected chi connectivity index (χ0v) is 16.3. The molecule has 7 nitrogen and oxygen atoms in total. The summed E-state index contributed by atoms with van der Waals surface area (Å²) in [5, 5.41) is 10.8. The van der Waals surface area contributed by atoms with E-state index in [1.54, 1.807) is 36.4 Å². The van der Waals surface area contributed by atoms with E-state index in [9.17, 15) is 23.7 Å². The lowest BCUT2D eigenvalue weighted by Crippen LogP contribution is -2.12. The number of esters is 1. The van der Waals surface area contributed by atoms with Crippen molar-refractivity contribution in [2.45, 2.75) is 26.4 Å². The number of nitro benzene ring substituents is 1. The zero-order valence-electron chi connectivity index (χ0n) is 16.3. The van der Waals surface area contributed by atoms with Crippen molar-refractivity contribution < 1.29 is 32.7 Å². The summed E-state index contributed by atoms with van der Waals surface area (Å²) in [5.41, 5.74) is 0.545. The van der Waals surface area contributed by atoms with Crippen molar-refractivity contribution in [2.75, 3.05) is 13.2 Å². The van der Waals surface area contributed by atoms with Gasteiger partial charge in [0.15, 0.2) is 0 Å². The lowest BCUT2D eigenvalue weighted by atomic mass is 10.2. The fourth-order valence-corrected chi connectivity index (χ4v) is 2.33. The van der Waals surface area contributed by atoms with Crippen LogP contribution in [0.15, 0.2) is 60.2 Å². The maximum Gasteiger partial charge on any atom is 0.306 e. The number of ether oxygens (including phenoxy) is 3. The first-order valence-corrected chi connectivity index (χ1v) is 9.10. The van der Waals surface area contributed by atoms with Crippen molar-refractivity contribution in [1.29, 1.82) is 0 Å². The van der Waals surface area contributed by atoms with E-state index in [1.165, 1.54) is 19.1 Å². The van der Waals surface area contributed by atoms with E-state index in [2.05, 4.69) is 0 Å². The van der Waals surface area contributed by atoms with Gasteiger partial charge < -0.3 is 14.2 Å². The van der Waals surface area contributed by atoms with Gasteiger partial charge in [0.05, 0.1) is 4.92 Å². The third-order valence-electron chi connectivity index (χ3n) is 3.99. The molecule has 0 aliphatic carbocycles. The second kappa shape index (κ2) is 11.5. The number of hydrogen-bond acceptors (Lipinski definition) is 6. The molecule has 0 aliphatic heterocycles. The average Bonchev–Trinajstić information content (AvgIpc) is 2.74. The summed E-state index contributed by atoms with van der Waals surface area (Å²) in [5.74, 6) is 0.528. The highest BCUT2D eigenvalue weighted by Crippen LogP contribution is 2.20. The number of benzene rings is 2. The third-order valence-corrected chi connectivity index (χ3v) is 3.99. The third kappa shape index (κ3) is 7.86. The van der Waals surface area contributed by atoms with Crippen molar-refractivity contribution in [3.8, 4) is 11.5 Å². The number of halogens is 2. The minimum atomic E-state index is -1.77. The van der Waals surface area contributed by atoms with E-state index in [1.807, 2.05) is 0 Å². The predicted octanol–water partition coefficient (Wildman–Crippen LogP) is 5.05. The summed E-state index contributed by atoms with van der Waals surface area (Å²) in [7, 11) is 0. The summed E-state index contributed by atoms with van der Waals surface area (Å²) in [6, 6.07) is 12.9. The highest BCUT2D eigenvalue weighted by Gasteiger charge is 2.08. The Balaban J connectivity index is 1.69. The highest BCUT2D eigenvalue weighted by molar-refractivity contribution is 5.69. The van der Waals surface area contributed by atoms with Crippen LogP contribution in [0.4, 0.5) is 14.5 Å². The quantitative estimate of drug-likeness (QED) is 0.218. The van der Waals surface area contributed by atoms with E-state index < -0.39 is 17.0 Å². The lowest BCUT2D eigenvalue weighted by molar-refractivity contribution is -0.384. The van der Waals surface area contributed by atoms with E-state index in [0.29, 0.717) is 17.1 Å². The second-order valence-electron chi connectivity index (χ2n) is 6.30. The maximum absolute atomic E-state index is 12.3. The van der Waals surface area contributed by atoms with Crippen molar-refractivity contribution >= 4 is 11.7 Å². The summed E-state index contributed by atoms with van der Waals surface area (Å²) < 4.78 is 40.5. The van der Waals surface area contributed by atoms with Crippen molar-refractivity contribution in [1.82, 2.24) is 0 Å². The molecular weight excluding hydrogens is 400 g/mol. The van der Waals surface area contributed by atoms with Crippen molar-refractivity contribution in [2.24, 2.45) is 0 Å². The minimum absolute atomic E-state index is 0.00160. The molecule has 0 bridgehead atoms. The monoisotopic (exact) mass is 421 g/mol. The summed E-state index contributed by atoms with van der Waals surface area (Å²) in [6.45, 7) is 1.57. The van der Waals surface area contributed by atoms with E-state index >= 15 is 0 Å². The van der Waals surface area contributed by atoms with Gasteiger partial charge in [-0.25, -0.2) is 0 Å². The average molecular weight is 421 g/mol. The first-order chi connectivity index (χ1) is 14.3. The number of allylic oxidation sites excluding steroid dienone is 1. The van der Waals surface area contributed by atoms with Crippen LogP contribution in [0, 0.1) is 10.1 Å². The van der Waals surface area contributed by atoms with Gasteiger partial charge in [-0.2, -0.15) is 8.78 Å². The smallest absolute Gasteiger partial charge is 0.306 e. The van der Waals surface area contributed by atoms with Crippen molar-refractivity contribution in [3.63, 3.8) is 0 Å². The van der Waals surface area contributed by atoms with Gasteiger partial charge in [0.25, 0.3) is 11.8 Å². The molecule has 0 heterocycles. The van der Waals surface area contributed by atoms with Crippen LogP contribution in [0.2, 0.25) is 0 Å². The van der Waals surface area contributed by atoms with Crippen LogP contribution < -0.4 is 9.47 Å². The largest absolute Gasteiger partial charge is 0.490 e. The molecule has 0 aliphatic rings. The molecular formula is C21H21F2NO6. The van der Waals surface area contributed by atoms with Gasteiger partial charge in [0.2, 0.25) is 0 Å². The standard InChI is InChI=1S/C21H21F2NO6/c1-15(21(22)23)5-10-20(25)29-12-11-28-18-6-8-19(9-7-18)30-14-16-3-2-4-17(13-16)24(26)27/h2-4,6-9,13H,5,10-12,14H2,1H3. The Bertz CT molecular complexity index is 895. The van der Waals surface area contributed by atoms with Crippen molar-refractivity contribution in [3.05, 3.63) is 75.9 Å². The number of carbonyl (C=O) groups is 1. The minimum Gasteiger partial charge on any atom is -0.490 e. The Morgan fingerprint density at radius 2 is 1.67 bits per heavy atom. The first-order valence-electron chi connectivity index (χ1n) is 9.10. The van der Waals surface area contributed by atoms with Gasteiger partial charge in [-0.3, -0.25) is 14.9 Å². The SMILES string of the molecule is CC(CCC(=O)OCCOc1ccc(OCc2cccc([N+](=O)[O-])c2)cc1)=C(F)F. The van der Waals surface area contributed by atoms with Crippen LogP contribution in [0.5, 0.6) is 11.5 Å². The zero-order chi connectivity index (χ0) is 21.9. The molecule has 160 valence electrons. The molecule has 2 aromatic carbocycles. The molecule has 0 saturated heterocycles. The molecule has 0 spiro atoms. The number of non-ortho nitro benzene ring substituents is 1. The van der Waals surface area contributed by atoms with Crippen LogP contribution in [0.1, 0.15) is 25.3 Å². The Hall–Kier alpha value is -3.49. The molecule has 0 amide bonds. The van der Waals surface area contributed by atoms with E-state index in [0.717, 1.165) is 0 Å². The van der Waals surface area contributed by atoms with Crippen LogP contribution in [-0.4, -0.2) is 24.1 Å². The molecule has 30 heavy (non-hydrogen) atoms. The number of hydrogen-bond donors (Lipinski definition) is 0. The fraction of sp³-hybridized carbons (Fsp3) is 0.286. The van der Waals surface area contributed by atoms with Crippen LogP contribution >= 0.6 is 0 Å². The normalized spacial score (nSPS) is 10.2. The molecule has 0 unspecified atom stereocenters. The van der Waals surface area contributed by atoms with Gasteiger partial charge in [-0.1, -0.05) is 12.1 Å². The van der Waals surface area contributed by atoms with E-state index in [-0.39, 0.29) is 43.9 Å². The lowest BCUT2D eigenvalue weighted by Gasteiger charge is -2.09. The number of nitrogens with zero attached hydrogens (tertiary/aromatic N) is 1. The summed E-state index contributed by atoms with van der Waals surface area (Å²) in [6.07, 6.45) is -1.93. The number of rotatable bonds is 11. The molecule has 0 atom stereocenters. The topological polar surface area (TPSA) is 87.9 Å². The Morgan fingerprint density at radius 3 is 2.30 bits per heavy atom. The molecule has 0 N–H and O–H groups in total. The van der Waals surface area contributed by atoms with Gasteiger partial charge in [0, 0.05) is 18.6 Å². The molecule has 9 heteroatoms. The first kappa shape index (κ1) is 22.8. The maximum atomic E-state index is 12.3. The Morgan fingerprint density at radius 1 is 1.00 bits per heavy atom. The summed E-state index contributed by atoms with van der Waals surface area (Å²) >= 11 is 0. The molecule has 0 saturated carbocycles. The molecule has 0 aromatic heterocycles. The van der Waals surface area contributed by atoms with Gasteiger partial charge in [0.1, 0.15) is 31.3 Å². The Labute approximate surface area is 172 Å². The molecule has 0 fully saturated rings. The van der Waals surface area contributed by atoms with Gasteiger partial charge in [-0.05, 0) is 48.7 Å². The molecule has 2 rings (SSSR count). The highest BCUT2D eigenvalue weighted by atomic mass is 19.3. The van der Waals surface area contributed by atoms with Crippen LogP contribution in [-0.2, 0) is 16.1 Å². The second-order valence-corrected chi connectivity index (χ2v) is 6.30. The molecule has 2 aromatic rings. The fourth-order valence-electron chi connectivity index (χ4n) is 2.33.